The van der Waals surface area contributed by atoms with Crippen molar-refractivity contribution in [2.24, 2.45) is 4.99 Å². The van der Waals surface area contributed by atoms with Crippen LogP contribution in [0.3, 0.4) is 0 Å². The number of methoxy groups -OCH3 is 1. The van der Waals surface area contributed by atoms with Gasteiger partial charge in [-0.1, -0.05) is 6.92 Å². The zero-order valence-electron chi connectivity index (χ0n) is 17.0. The molecule has 0 N–H and O–H groups in total. The fraction of sp³-hybridized carbons (Fsp3) is 0.444. The number of aliphatic imine (C=N–C) groups is 1. The number of nitro benzene ring substituents is 1. The van der Waals surface area contributed by atoms with Gasteiger partial charge in [0.1, 0.15) is 5.84 Å². The van der Waals surface area contributed by atoms with E-state index >= 15 is 0 Å². The van der Waals surface area contributed by atoms with Crippen molar-refractivity contribution < 1.29 is 33.5 Å². The Kier molecular flexibility index (Phi) is 6.93. The van der Waals surface area contributed by atoms with Crippen LogP contribution < -0.4 is 0 Å². The van der Waals surface area contributed by atoms with Crippen molar-refractivity contribution in [1.29, 1.82) is 0 Å². The maximum atomic E-state index is 13.0. The third-order valence-corrected chi connectivity index (χ3v) is 4.19. The standard InChI is InChI=1S/C18H22N4O8/c1-5-14-19-18(15(23)28-4,12-8-10-13(11-9-12)22(26)27)21(17(25)30-7-3)20(14)16(24)29-6-2/h8-11H,5-7H2,1-4H3. The Balaban J connectivity index is 2.77. The van der Waals surface area contributed by atoms with Gasteiger partial charge in [0.25, 0.3) is 11.4 Å². The van der Waals surface area contributed by atoms with Gasteiger partial charge in [-0.15, -0.1) is 0 Å². The number of carbonyl (C=O) groups excluding carboxylic acids is 3. The number of carbonyl (C=O) groups is 3. The van der Waals surface area contributed by atoms with E-state index in [1.54, 1.807) is 20.8 Å². The summed E-state index contributed by atoms with van der Waals surface area (Å²) in [6.45, 7) is 4.75. The number of hydrogen-bond donors (Lipinski definition) is 0. The van der Waals surface area contributed by atoms with Gasteiger partial charge in [-0.3, -0.25) is 10.1 Å². The van der Waals surface area contributed by atoms with E-state index in [4.69, 9.17) is 14.2 Å². The predicted molar refractivity (Wildman–Crippen MR) is 102 cm³/mol. The van der Waals surface area contributed by atoms with Crippen molar-refractivity contribution in [2.45, 2.75) is 32.9 Å². The second-order valence-corrected chi connectivity index (χ2v) is 5.87. The van der Waals surface area contributed by atoms with Crippen LogP contribution in [0.2, 0.25) is 0 Å². The van der Waals surface area contributed by atoms with E-state index in [2.05, 4.69) is 4.99 Å². The molecule has 0 bridgehead atoms. The first-order valence-corrected chi connectivity index (χ1v) is 9.14. The van der Waals surface area contributed by atoms with Crippen molar-refractivity contribution in [3.63, 3.8) is 0 Å². The van der Waals surface area contributed by atoms with E-state index in [0.29, 0.717) is 5.01 Å². The Morgan fingerprint density at radius 2 is 1.63 bits per heavy atom. The number of nitrogens with zero attached hydrogens (tertiary/aromatic N) is 4. The van der Waals surface area contributed by atoms with Gasteiger partial charge in [-0.05, 0) is 26.0 Å². The Labute approximate surface area is 172 Å². The summed E-state index contributed by atoms with van der Waals surface area (Å²) in [4.78, 5) is 53.2. The van der Waals surface area contributed by atoms with Crippen LogP contribution in [-0.2, 0) is 24.7 Å². The van der Waals surface area contributed by atoms with Crippen LogP contribution in [0.4, 0.5) is 15.3 Å². The van der Waals surface area contributed by atoms with E-state index in [9.17, 15) is 24.5 Å². The van der Waals surface area contributed by atoms with E-state index in [1.165, 1.54) is 12.1 Å². The van der Waals surface area contributed by atoms with E-state index in [0.717, 1.165) is 24.3 Å². The van der Waals surface area contributed by atoms with E-state index in [-0.39, 0.29) is 36.7 Å². The number of hydrogen-bond acceptors (Lipinski definition) is 9. The summed E-state index contributed by atoms with van der Waals surface area (Å²) in [5, 5.41) is 12.5. The maximum absolute atomic E-state index is 13.0. The smallest absolute Gasteiger partial charge is 0.435 e. The van der Waals surface area contributed by atoms with Crippen LogP contribution in [-0.4, -0.2) is 59.3 Å². The highest BCUT2D eigenvalue weighted by molar-refractivity contribution is 6.03. The summed E-state index contributed by atoms with van der Waals surface area (Å²) in [7, 11) is 1.09. The van der Waals surface area contributed by atoms with Gasteiger partial charge in [-0.25, -0.2) is 19.4 Å². The first-order chi connectivity index (χ1) is 14.3. The molecule has 0 fully saturated rings. The minimum atomic E-state index is -2.17. The van der Waals surface area contributed by atoms with Gasteiger partial charge >= 0.3 is 18.2 Å². The lowest BCUT2D eigenvalue weighted by Crippen LogP contribution is -2.59. The van der Waals surface area contributed by atoms with Gasteiger partial charge in [0.2, 0.25) is 0 Å². The third kappa shape index (κ3) is 3.75. The number of esters is 1. The van der Waals surface area contributed by atoms with Crippen LogP contribution in [0.5, 0.6) is 0 Å². The SMILES string of the molecule is CCOC(=O)N1C(CC)=NC(C(=O)OC)(c2ccc([N+](=O)[O-])cc2)N1C(=O)OCC. The van der Waals surface area contributed by atoms with E-state index in [1.807, 2.05) is 0 Å². The second-order valence-electron chi connectivity index (χ2n) is 5.87. The maximum Gasteiger partial charge on any atom is 0.435 e. The molecule has 1 aromatic carbocycles. The number of amides is 2. The number of rotatable bonds is 6. The molecule has 0 aliphatic carbocycles. The first-order valence-electron chi connectivity index (χ1n) is 9.14. The minimum Gasteiger partial charge on any atom is -0.465 e. The first kappa shape index (κ1) is 22.6. The molecule has 12 heteroatoms. The molecule has 0 saturated heterocycles. The Bertz CT molecular complexity index is 869. The molecule has 1 heterocycles. The summed E-state index contributed by atoms with van der Waals surface area (Å²) in [5.74, 6) is -0.951. The highest BCUT2D eigenvalue weighted by atomic mass is 16.6. The molecule has 162 valence electrons. The van der Waals surface area contributed by atoms with Crippen LogP contribution in [0.15, 0.2) is 29.3 Å². The molecule has 1 aliphatic heterocycles. The van der Waals surface area contributed by atoms with Crippen molar-refractivity contribution >= 4 is 29.7 Å². The molecular formula is C18H22N4O8. The van der Waals surface area contributed by atoms with Gasteiger partial charge in [0, 0.05) is 24.1 Å². The number of hydrazine groups is 1. The molecule has 1 aromatic rings. The van der Waals surface area contributed by atoms with Crippen molar-refractivity contribution in [2.75, 3.05) is 20.3 Å². The molecule has 0 aromatic heterocycles. The Hall–Kier alpha value is -3.70. The predicted octanol–water partition coefficient (Wildman–Crippen LogP) is 2.57. The lowest BCUT2D eigenvalue weighted by Gasteiger charge is -2.36. The summed E-state index contributed by atoms with van der Waals surface area (Å²) >= 11 is 0. The highest BCUT2D eigenvalue weighted by Crippen LogP contribution is 2.40. The number of ether oxygens (including phenoxy) is 3. The topological polar surface area (TPSA) is 141 Å². The molecule has 0 saturated carbocycles. The Morgan fingerprint density at radius 1 is 1.07 bits per heavy atom. The molecule has 12 nitrogen and oxygen atoms in total. The number of benzene rings is 1. The second kappa shape index (κ2) is 9.20. The number of amidine groups is 1. The van der Waals surface area contributed by atoms with Crippen molar-refractivity contribution in [3.05, 3.63) is 39.9 Å². The number of nitro groups is 1. The lowest BCUT2D eigenvalue weighted by molar-refractivity contribution is -0.384. The van der Waals surface area contributed by atoms with Gasteiger partial charge in [0.05, 0.1) is 25.2 Å². The fourth-order valence-electron chi connectivity index (χ4n) is 2.94. The van der Waals surface area contributed by atoms with Crippen LogP contribution >= 0.6 is 0 Å². The molecule has 1 unspecified atom stereocenters. The normalized spacial score (nSPS) is 17.9. The lowest BCUT2D eigenvalue weighted by atomic mass is 9.99. The van der Waals surface area contributed by atoms with Crippen LogP contribution in [0.25, 0.3) is 0 Å². The Morgan fingerprint density at radius 3 is 2.10 bits per heavy atom. The molecule has 0 radical (unpaired) electrons. The van der Waals surface area contributed by atoms with E-state index < -0.39 is 28.7 Å². The van der Waals surface area contributed by atoms with Gasteiger partial charge in [-0.2, -0.15) is 10.0 Å². The summed E-state index contributed by atoms with van der Waals surface area (Å²) < 4.78 is 15.0. The fourth-order valence-corrected chi connectivity index (χ4v) is 2.94. The largest absolute Gasteiger partial charge is 0.465 e. The zero-order chi connectivity index (χ0) is 22.5. The highest BCUT2D eigenvalue weighted by Gasteiger charge is 2.60. The van der Waals surface area contributed by atoms with Gasteiger partial charge in [0.15, 0.2) is 0 Å². The molecule has 1 atom stereocenters. The minimum absolute atomic E-state index is 0.00570. The quantitative estimate of drug-likeness (QED) is 0.295. The van der Waals surface area contributed by atoms with Crippen molar-refractivity contribution in [1.82, 2.24) is 10.0 Å². The summed E-state index contributed by atoms with van der Waals surface area (Å²) in [6, 6.07) is 4.81. The molecule has 2 rings (SSSR count). The molecule has 30 heavy (non-hydrogen) atoms. The van der Waals surface area contributed by atoms with Gasteiger partial charge < -0.3 is 14.2 Å². The summed E-state index contributed by atoms with van der Waals surface area (Å²) in [5.41, 5.74) is -2.35. The van der Waals surface area contributed by atoms with Crippen LogP contribution in [0.1, 0.15) is 32.8 Å². The van der Waals surface area contributed by atoms with Crippen LogP contribution in [0, 0.1) is 10.1 Å². The molecule has 0 spiro atoms. The molecule has 1 aliphatic rings. The average Bonchev–Trinajstić information content (AvgIpc) is 3.10. The summed E-state index contributed by atoms with van der Waals surface area (Å²) in [6.07, 6.45) is -1.85. The number of non-ortho nitro benzene ring substituents is 1. The monoisotopic (exact) mass is 422 g/mol. The third-order valence-electron chi connectivity index (χ3n) is 4.19. The average molecular weight is 422 g/mol. The van der Waals surface area contributed by atoms with Crippen molar-refractivity contribution in [3.8, 4) is 0 Å². The molecule has 2 amide bonds. The molecular weight excluding hydrogens is 400 g/mol. The zero-order valence-corrected chi connectivity index (χ0v) is 17.0.